The van der Waals surface area contributed by atoms with E-state index in [4.69, 9.17) is 5.73 Å². The van der Waals surface area contributed by atoms with Gasteiger partial charge in [-0.2, -0.15) is 0 Å². The number of amides is 1. The van der Waals surface area contributed by atoms with Gasteiger partial charge >= 0.3 is 0 Å². The molecular formula is C11H20N2O. The Morgan fingerprint density at radius 3 is 2.50 bits per heavy atom. The fraction of sp³-hybridized carbons (Fsp3) is 0.909. The first-order valence-corrected chi connectivity index (χ1v) is 5.58. The van der Waals surface area contributed by atoms with Gasteiger partial charge in [-0.3, -0.25) is 4.79 Å². The predicted octanol–water partition coefficient (Wildman–Crippen LogP) is 0.982. The summed E-state index contributed by atoms with van der Waals surface area (Å²) in [5.41, 5.74) is 6.01. The number of carbonyl (C=O) groups is 1. The molecule has 0 aromatic heterocycles. The minimum Gasteiger partial charge on any atom is -0.339 e. The smallest absolute Gasteiger partial charge is 0.222 e. The predicted molar refractivity (Wildman–Crippen MR) is 55.7 cm³/mol. The molecule has 3 heteroatoms. The SMILES string of the molecule is CC(C)C1(N)CN(C(=O)CC2CC2)C1. The number of hydrogen-bond acceptors (Lipinski definition) is 2. The lowest BCUT2D eigenvalue weighted by Crippen LogP contribution is -2.71. The van der Waals surface area contributed by atoms with Crippen LogP contribution in [0.2, 0.25) is 0 Å². The molecule has 1 aliphatic carbocycles. The molecule has 3 nitrogen and oxygen atoms in total. The Balaban J connectivity index is 1.78. The van der Waals surface area contributed by atoms with Gasteiger partial charge in [0, 0.05) is 19.5 Å². The quantitative estimate of drug-likeness (QED) is 0.731. The number of carbonyl (C=O) groups excluding carboxylic acids is 1. The third kappa shape index (κ3) is 1.78. The van der Waals surface area contributed by atoms with Crippen LogP contribution in [0.5, 0.6) is 0 Å². The van der Waals surface area contributed by atoms with Crippen LogP contribution in [-0.4, -0.2) is 29.4 Å². The van der Waals surface area contributed by atoms with Gasteiger partial charge < -0.3 is 10.6 Å². The summed E-state index contributed by atoms with van der Waals surface area (Å²) in [4.78, 5) is 13.6. The molecule has 2 rings (SSSR count). The van der Waals surface area contributed by atoms with Crippen molar-refractivity contribution in [2.24, 2.45) is 17.6 Å². The number of nitrogens with two attached hydrogens (primary N) is 1. The van der Waals surface area contributed by atoms with Gasteiger partial charge in [-0.1, -0.05) is 13.8 Å². The number of nitrogens with zero attached hydrogens (tertiary/aromatic N) is 1. The summed E-state index contributed by atoms with van der Waals surface area (Å²) in [6.07, 6.45) is 3.25. The van der Waals surface area contributed by atoms with Gasteiger partial charge in [0.25, 0.3) is 0 Å². The third-order valence-corrected chi connectivity index (χ3v) is 3.63. The maximum absolute atomic E-state index is 11.7. The normalized spacial score (nSPS) is 25.0. The molecule has 1 saturated heterocycles. The van der Waals surface area contributed by atoms with E-state index in [1.165, 1.54) is 12.8 Å². The van der Waals surface area contributed by atoms with E-state index in [0.717, 1.165) is 19.5 Å². The van der Waals surface area contributed by atoms with E-state index < -0.39 is 0 Å². The summed E-state index contributed by atoms with van der Waals surface area (Å²) in [6, 6.07) is 0. The summed E-state index contributed by atoms with van der Waals surface area (Å²) < 4.78 is 0. The van der Waals surface area contributed by atoms with E-state index in [-0.39, 0.29) is 5.54 Å². The van der Waals surface area contributed by atoms with Gasteiger partial charge in [0.1, 0.15) is 0 Å². The Kier molecular flexibility index (Phi) is 2.30. The standard InChI is InChI=1S/C11H20N2O/c1-8(2)11(12)6-13(7-11)10(14)5-9-3-4-9/h8-9H,3-7,12H2,1-2H3. The summed E-state index contributed by atoms with van der Waals surface area (Å²) in [7, 11) is 0. The van der Waals surface area contributed by atoms with Gasteiger partial charge in [-0.05, 0) is 24.7 Å². The summed E-state index contributed by atoms with van der Waals surface area (Å²) in [5, 5.41) is 0. The lowest BCUT2D eigenvalue weighted by atomic mass is 9.80. The molecule has 0 aromatic carbocycles. The highest BCUT2D eigenvalue weighted by Gasteiger charge is 2.44. The van der Waals surface area contributed by atoms with Crippen LogP contribution in [0.25, 0.3) is 0 Å². The highest BCUT2D eigenvalue weighted by molar-refractivity contribution is 5.78. The van der Waals surface area contributed by atoms with Crippen LogP contribution in [0.3, 0.4) is 0 Å². The molecule has 14 heavy (non-hydrogen) atoms. The molecule has 1 heterocycles. The number of rotatable bonds is 3. The van der Waals surface area contributed by atoms with Crippen molar-refractivity contribution in [1.29, 1.82) is 0 Å². The molecular weight excluding hydrogens is 176 g/mol. The van der Waals surface area contributed by atoms with Crippen LogP contribution >= 0.6 is 0 Å². The van der Waals surface area contributed by atoms with Crippen molar-refractivity contribution in [2.45, 2.75) is 38.6 Å². The zero-order valence-corrected chi connectivity index (χ0v) is 9.12. The van der Waals surface area contributed by atoms with Crippen molar-refractivity contribution >= 4 is 5.91 Å². The fourth-order valence-electron chi connectivity index (χ4n) is 1.90. The molecule has 1 saturated carbocycles. The van der Waals surface area contributed by atoms with Gasteiger partial charge in [0.05, 0.1) is 5.54 Å². The van der Waals surface area contributed by atoms with Gasteiger partial charge in [-0.25, -0.2) is 0 Å². The minimum atomic E-state index is -0.112. The first-order chi connectivity index (χ1) is 6.51. The molecule has 0 bridgehead atoms. The van der Waals surface area contributed by atoms with E-state index in [1.54, 1.807) is 0 Å². The summed E-state index contributed by atoms with van der Waals surface area (Å²) >= 11 is 0. The molecule has 1 amide bonds. The molecule has 0 aromatic rings. The fourth-order valence-corrected chi connectivity index (χ4v) is 1.90. The second kappa shape index (κ2) is 3.23. The Labute approximate surface area is 85.6 Å². The van der Waals surface area contributed by atoms with Gasteiger partial charge in [0.15, 0.2) is 0 Å². The molecule has 0 spiro atoms. The molecule has 0 atom stereocenters. The zero-order chi connectivity index (χ0) is 10.3. The van der Waals surface area contributed by atoms with E-state index in [2.05, 4.69) is 13.8 Å². The Hall–Kier alpha value is -0.570. The van der Waals surface area contributed by atoms with Crippen LogP contribution < -0.4 is 5.73 Å². The highest BCUT2D eigenvalue weighted by atomic mass is 16.2. The Morgan fingerprint density at radius 1 is 1.50 bits per heavy atom. The van der Waals surface area contributed by atoms with Crippen LogP contribution in [0.1, 0.15) is 33.1 Å². The second-order valence-corrected chi connectivity index (χ2v) is 5.29. The average molecular weight is 196 g/mol. The van der Waals surface area contributed by atoms with Crippen LogP contribution in [0.4, 0.5) is 0 Å². The van der Waals surface area contributed by atoms with Crippen molar-refractivity contribution in [2.75, 3.05) is 13.1 Å². The maximum atomic E-state index is 11.7. The molecule has 2 fully saturated rings. The highest BCUT2D eigenvalue weighted by Crippen LogP contribution is 2.34. The lowest BCUT2D eigenvalue weighted by molar-refractivity contribution is -0.140. The molecule has 2 aliphatic rings. The number of hydrogen-bond donors (Lipinski definition) is 1. The summed E-state index contributed by atoms with van der Waals surface area (Å²) in [6.45, 7) is 5.78. The van der Waals surface area contributed by atoms with Crippen LogP contribution in [-0.2, 0) is 4.79 Å². The largest absolute Gasteiger partial charge is 0.339 e. The summed E-state index contributed by atoms with van der Waals surface area (Å²) in [5.74, 6) is 1.47. The van der Waals surface area contributed by atoms with Crippen LogP contribution in [0, 0.1) is 11.8 Å². The van der Waals surface area contributed by atoms with E-state index in [1.807, 2.05) is 4.90 Å². The first-order valence-electron chi connectivity index (χ1n) is 5.58. The molecule has 0 unspecified atom stereocenters. The van der Waals surface area contributed by atoms with E-state index >= 15 is 0 Å². The molecule has 2 N–H and O–H groups in total. The minimum absolute atomic E-state index is 0.112. The lowest BCUT2D eigenvalue weighted by Gasteiger charge is -2.50. The van der Waals surface area contributed by atoms with Gasteiger partial charge in [0.2, 0.25) is 5.91 Å². The Bertz CT molecular complexity index is 240. The molecule has 80 valence electrons. The molecule has 0 radical (unpaired) electrons. The van der Waals surface area contributed by atoms with E-state index in [0.29, 0.717) is 17.7 Å². The number of likely N-dealkylation sites (tertiary alicyclic amines) is 1. The van der Waals surface area contributed by atoms with Crippen molar-refractivity contribution < 1.29 is 4.79 Å². The zero-order valence-electron chi connectivity index (χ0n) is 9.12. The van der Waals surface area contributed by atoms with Crippen molar-refractivity contribution in [3.05, 3.63) is 0 Å². The van der Waals surface area contributed by atoms with Crippen molar-refractivity contribution in [3.63, 3.8) is 0 Å². The molecule has 1 aliphatic heterocycles. The van der Waals surface area contributed by atoms with Crippen LogP contribution in [0.15, 0.2) is 0 Å². The Morgan fingerprint density at radius 2 is 2.07 bits per heavy atom. The average Bonchev–Trinajstić information content (AvgIpc) is 2.81. The van der Waals surface area contributed by atoms with E-state index in [9.17, 15) is 4.79 Å². The first kappa shape index (κ1) is 9.97. The third-order valence-electron chi connectivity index (χ3n) is 3.63. The maximum Gasteiger partial charge on any atom is 0.222 e. The second-order valence-electron chi connectivity index (χ2n) is 5.29. The topological polar surface area (TPSA) is 46.3 Å². The van der Waals surface area contributed by atoms with Crippen molar-refractivity contribution in [3.8, 4) is 0 Å². The van der Waals surface area contributed by atoms with Crippen molar-refractivity contribution in [1.82, 2.24) is 4.90 Å². The van der Waals surface area contributed by atoms with Gasteiger partial charge in [-0.15, -0.1) is 0 Å². The monoisotopic (exact) mass is 196 g/mol.